The van der Waals surface area contributed by atoms with Crippen LogP contribution in [-0.4, -0.2) is 46.8 Å². The Morgan fingerprint density at radius 3 is 0.947 bits per heavy atom. The number of hydrogen-bond donors (Lipinski definition) is 0. The van der Waals surface area contributed by atoms with Gasteiger partial charge >= 0.3 is 5.97 Å². The second-order valence-electron chi connectivity index (χ2n) is 2.59. The van der Waals surface area contributed by atoms with Gasteiger partial charge in [-0.2, -0.15) is 0 Å². The number of esters is 1. The Morgan fingerprint density at radius 1 is 0.842 bits per heavy atom. The van der Waals surface area contributed by atoms with Crippen LogP contribution in [0.4, 0.5) is 0 Å². The van der Waals surface area contributed by atoms with E-state index in [-0.39, 0.29) is 34.0 Å². The molecule has 0 aromatic carbocycles. The van der Waals surface area contributed by atoms with Crippen molar-refractivity contribution in [3.8, 4) is 0 Å². The van der Waals surface area contributed by atoms with Gasteiger partial charge in [-0.15, -0.1) is 0 Å². The number of ether oxygens (including phenoxy) is 3. The first-order valence-electron chi connectivity index (χ1n) is 4.74. The molecule has 0 rings (SSSR count). The fourth-order valence-electron chi connectivity index (χ4n) is 0. The van der Waals surface area contributed by atoms with Crippen LogP contribution in [0.3, 0.4) is 0 Å². The van der Waals surface area contributed by atoms with E-state index in [9.17, 15) is 9.59 Å². The number of rotatable bonds is 1. The van der Waals surface area contributed by atoms with Gasteiger partial charge in [0.25, 0.3) is 0 Å². The van der Waals surface area contributed by atoms with Crippen LogP contribution >= 0.6 is 0 Å². The van der Waals surface area contributed by atoms with Crippen LogP contribution in [0.2, 0.25) is 0 Å². The van der Waals surface area contributed by atoms with Crippen molar-refractivity contribution >= 4 is 11.8 Å². The van der Waals surface area contributed by atoms with E-state index >= 15 is 0 Å². The lowest BCUT2D eigenvalue weighted by Crippen LogP contribution is -1.88. The summed E-state index contributed by atoms with van der Waals surface area (Å²) in [6.07, 6.45) is 0. The molecule has 0 fully saturated rings. The van der Waals surface area contributed by atoms with Crippen molar-refractivity contribution in [3.63, 3.8) is 0 Å². The standard InChI is InChI=1S/C3H6O2.C3H8O.C3H6O.C2H6O.3CH4/c1-3(4)5-2;1-3-4-2;1-3(2)4;1-3-2;;;/h1-2H3;3H2,1-2H3;1-2H3;1-2H3;3*1H4. The maximum Gasteiger partial charge on any atom is 0.302 e. The zero-order chi connectivity index (χ0) is 14.0. The summed E-state index contributed by atoms with van der Waals surface area (Å²) in [6.45, 7) is 7.19. The van der Waals surface area contributed by atoms with E-state index in [2.05, 4.69) is 14.2 Å². The first-order valence-corrected chi connectivity index (χ1v) is 4.74. The molecule has 5 heteroatoms. The fourth-order valence-corrected chi connectivity index (χ4v) is 0. The van der Waals surface area contributed by atoms with Gasteiger partial charge < -0.3 is 19.0 Å². The van der Waals surface area contributed by atoms with Crippen molar-refractivity contribution in [1.29, 1.82) is 0 Å². The zero-order valence-corrected chi connectivity index (χ0v) is 11.7. The van der Waals surface area contributed by atoms with E-state index in [0.717, 1.165) is 6.61 Å². The summed E-state index contributed by atoms with van der Waals surface area (Å²) in [4.78, 5) is 19.0. The first-order chi connectivity index (χ1) is 7.33. The van der Waals surface area contributed by atoms with Crippen molar-refractivity contribution in [2.75, 3.05) is 35.0 Å². The highest BCUT2D eigenvalue weighted by Gasteiger charge is 1.75. The highest BCUT2D eigenvalue weighted by atomic mass is 16.5. The molecule has 0 atom stereocenters. The van der Waals surface area contributed by atoms with Gasteiger partial charge in [0.2, 0.25) is 0 Å². The lowest BCUT2D eigenvalue weighted by Gasteiger charge is -1.80. The molecule has 0 aromatic heterocycles. The van der Waals surface area contributed by atoms with Gasteiger partial charge in [0.15, 0.2) is 0 Å². The SMILES string of the molecule is C.C.C.CC(C)=O.CCOC.COC.COC(C)=O. The molecule has 0 bridgehead atoms. The quantitative estimate of drug-likeness (QED) is 0.689. The number of hydrogen-bond acceptors (Lipinski definition) is 5. The minimum absolute atomic E-state index is 0. The molecule has 0 aliphatic heterocycles. The maximum absolute atomic E-state index is 9.59. The summed E-state index contributed by atoms with van der Waals surface area (Å²) < 4.78 is 12.9. The molecule has 0 radical (unpaired) electrons. The number of Topliss-reactive ketones (excluding diaryl/α,β-unsaturated/α-hetero) is 1. The van der Waals surface area contributed by atoms with E-state index in [1.165, 1.54) is 27.9 Å². The van der Waals surface area contributed by atoms with Gasteiger partial charge in [0, 0.05) is 34.9 Å². The van der Waals surface area contributed by atoms with Crippen LogP contribution in [0, 0.1) is 0 Å². The molecule has 19 heavy (non-hydrogen) atoms. The molecule has 0 aliphatic rings. The first kappa shape index (κ1) is 43.0. The largest absolute Gasteiger partial charge is 0.469 e. The predicted molar refractivity (Wildman–Crippen MR) is 84.7 cm³/mol. The van der Waals surface area contributed by atoms with E-state index < -0.39 is 0 Å². The average Bonchev–Trinajstić information content (AvgIpc) is 2.18. The maximum atomic E-state index is 9.59. The highest BCUT2D eigenvalue weighted by Crippen LogP contribution is 1.60. The van der Waals surface area contributed by atoms with Crippen LogP contribution < -0.4 is 0 Å². The van der Waals surface area contributed by atoms with Gasteiger partial charge in [-0.1, -0.05) is 22.3 Å². The van der Waals surface area contributed by atoms with Gasteiger partial charge in [-0.3, -0.25) is 4.79 Å². The molecular weight excluding hydrogens is 248 g/mol. The summed E-state index contributed by atoms with van der Waals surface area (Å²) in [5.74, 6) is -0.0787. The lowest BCUT2D eigenvalue weighted by molar-refractivity contribution is -0.137. The van der Waals surface area contributed by atoms with Crippen molar-refractivity contribution in [2.45, 2.75) is 50.0 Å². The Balaban J connectivity index is -0.0000000195. The van der Waals surface area contributed by atoms with E-state index in [1.807, 2.05) is 6.92 Å². The Bertz CT molecular complexity index is 130. The number of carbonyl (C=O) groups is 2. The van der Waals surface area contributed by atoms with Crippen molar-refractivity contribution in [2.24, 2.45) is 0 Å². The predicted octanol–water partition coefficient (Wildman–Crippen LogP) is 3.60. The van der Waals surface area contributed by atoms with Crippen molar-refractivity contribution in [3.05, 3.63) is 0 Å². The molecule has 0 unspecified atom stereocenters. The Morgan fingerprint density at radius 2 is 0.947 bits per heavy atom. The van der Waals surface area contributed by atoms with Crippen LogP contribution in [-0.2, 0) is 23.8 Å². The summed E-state index contributed by atoms with van der Waals surface area (Å²) in [5.41, 5.74) is 0. The fraction of sp³-hybridized carbons (Fsp3) is 0.857. The molecule has 0 heterocycles. The zero-order valence-electron chi connectivity index (χ0n) is 11.7. The minimum atomic E-state index is -0.245. The minimum Gasteiger partial charge on any atom is -0.469 e. The van der Waals surface area contributed by atoms with Gasteiger partial charge in [0.1, 0.15) is 5.78 Å². The third-order valence-electron chi connectivity index (χ3n) is 0.576. The monoisotopic (exact) mass is 286 g/mol. The second kappa shape index (κ2) is 53.6. The Labute approximate surface area is 121 Å². The van der Waals surface area contributed by atoms with Gasteiger partial charge in [-0.05, 0) is 20.8 Å². The van der Waals surface area contributed by atoms with E-state index in [4.69, 9.17) is 0 Å². The molecule has 0 aromatic rings. The summed E-state index contributed by atoms with van der Waals surface area (Å²) in [7, 11) is 6.28. The van der Waals surface area contributed by atoms with Gasteiger partial charge in [0.05, 0.1) is 7.11 Å². The number of methoxy groups -OCH3 is 3. The molecule has 124 valence electrons. The molecular formula is C14H38O5. The third-order valence-corrected chi connectivity index (χ3v) is 0.576. The lowest BCUT2D eigenvalue weighted by atomic mass is 10.6. The second-order valence-corrected chi connectivity index (χ2v) is 2.59. The molecule has 0 saturated heterocycles. The van der Waals surface area contributed by atoms with E-state index in [0.29, 0.717) is 0 Å². The van der Waals surface area contributed by atoms with Gasteiger partial charge in [-0.25, -0.2) is 0 Å². The number of ketones is 1. The molecule has 5 nitrogen and oxygen atoms in total. The third kappa shape index (κ3) is 912. The summed E-state index contributed by atoms with van der Waals surface area (Å²) in [5, 5.41) is 0. The normalized spacial score (nSPS) is 5.68. The molecule has 0 saturated carbocycles. The molecule has 0 spiro atoms. The molecule has 0 N–H and O–H groups in total. The summed E-state index contributed by atoms with van der Waals surface area (Å²) >= 11 is 0. The Kier molecular flexibility index (Phi) is 121. The van der Waals surface area contributed by atoms with Crippen molar-refractivity contribution in [1.82, 2.24) is 0 Å². The van der Waals surface area contributed by atoms with Crippen LogP contribution in [0.15, 0.2) is 0 Å². The summed E-state index contributed by atoms with van der Waals surface area (Å²) in [6, 6.07) is 0. The average molecular weight is 286 g/mol. The number of carbonyl (C=O) groups excluding carboxylic acids is 2. The van der Waals surface area contributed by atoms with Crippen LogP contribution in [0.1, 0.15) is 50.0 Å². The molecule has 0 aliphatic carbocycles. The highest BCUT2D eigenvalue weighted by molar-refractivity contribution is 5.72. The van der Waals surface area contributed by atoms with E-state index in [1.54, 1.807) is 21.3 Å². The Hall–Kier alpha value is -0.940. The van der Waals surface area contributed by atoms with Crippen LogP contribution in [0.5, 0.6) is 0 Å². The molecule has 0 amide bonds. The van der Waals surface area contributed by atoms with Crippen molar-refractivity contribution < 1.29 is 23.8 Å². The topological polar surface area (TPSA) is 61.8 Å². The smallest absolute Gasteiger partial charge is 0.302 e. The van der Waals surface area contributed by atoms with Crippen LogP contribution in [0.25, 0.3) is 0 Å².